The fourth-order valence-corrected chi connectivity index (χ4v) is 2.94. The molecule has 0 radical (unpaired) electrons. The molecule has 6 nitrogen and oxygen atoms in total. The van der Waals surface area contributed by atoms with Gasteiger partial charge in [0, 0.05) is 11.4 Å². The van der Waals surface area contributed by atoms with Crippen molar-refractivity contribution in [3.8, 4) is 0 Å². The van der Waals surface area contributed by atoms with E-state index in [4.69, 9.17) is 0 Å². The van der Waals surface area contributed by atoms with Gasteiger partial charge < -0.3 is 10.1 Å². The number of hydrogen-bond acceptors (Lipinski definition) is 5. The maximum absolute atomic E-state index is 11.8. The van der Waals surface area contributed by atoms with E-state index in [2.05, 4.69) is 20.4 Å². The van der Waals surface area contributed by atoms with Crippen molar-refractivity contribution in [3.63, 3.8) is 0 Å². The Morgan fingerprint density at radius 1 is 1.40 bits per heavy atom. The second-order valence-electron chi connectivity index (χ2n) is 4.83. The van der Waals surface area contributed by atoms with Crippen molar-refractivity contribution in [2.45, 2.75) is 44.6 Å². The minimum atomic E-state index is -0.339. The maximum Gasteiger partial charge on any atom is 0.321 e. The Balaban J connectivity index is 1.80. The standard InChI is InChI=1S/C13H19N3O3S/c1-19-11(17)7-10-8-20-13(15-10)16-12(18)14-9-5-3-2-4-6-9/h8-9H,2-7H2,1H3,(H2,14,15,16,18). The van der Waals surface area contributed by atoms with Crippen LogP contribution in [0.3, 0.4) is 0 Å². The quantitative estimate of drug-likeness (QED) is 0.836. The van der Waals surface area contributed by atoms with E-state index >= 15 is 0 Å². The van der Waals surface area contributed by atoms with Crippen LogP contribution in [-0.2, 0) is 16.0 Å². The number of nitrogens with zero attached hydrogens (tertiary/aromatic N) is 1. The van der Waals surface area contributed by atoms with E-state index in [9.17, 15) is 9.59 Å². The topological polar surface area (TPSA) is 80.3 Å². The molecule has 7 heteroatoms. The van der Waals surface area contributed by atoms with Crippen molar-refractivity contribution in [2.75, 3.05) is 12.4 Å². The van der Waals surface area contributed by atoms with Crippen molar-refractivity contribution in [3.05, 3.63) is 11.1 Å². The number of ether oxygens (including phenoxy) is 1. The molecule has 0 atom stereocenters. The Morgan fingerprint density at radius 3 is 2.85 bits per heavy atom. The maximum atomic E-state index is 11.8. The van der Waals surface area contributed by atoms with Crippen molar-refractivity contribution in [1.82, 2.24) is 10.3 Å². The average molecular weight is 297 g/mol. The molecule has 1 fully saturated rings. The van der Waals surface area contributed by atoms with Gasteiger partial charge in [-0.05, 0) is 12.8 Å². The molecule has 1 aromatic heterocycles. The molecule has 2 rings (SSSR count). The second-order valence-corrected chi connectivity index (χ2v) is 5.69. The first kappa shape index (κ1) is 14.8. The third kappa shape index (κ3) is 4.48. The van der Waals surface area contributed by atoms with E-state index in [1.165, 1.54) is 37.7 Å². The lowest BCUT2D eigenvalue weighted by molar-refractivity contribution is -0.139. The number of esters is 1. The number of carbonyl (C=O) groups excluding carboxylic acids is 2. The van der Waals surface area contributed by atoms with Crippen LogP contribution in [-0.4, -0.2) is 30.1 Å². The molecule has 1 aliphatic rings. The van der Waals surface area contributed by atoms with Gasteiger partial charge in [0.25, 0.3) is 0 Å². The minimum absolute atomic E-state index is 0.124. The van der Waals surface area contributed by atoms with Gasteiger partial charge in [0.05, 0.1) is 19.2 Å². The number of rotatable bonds is 4. The van der Waals surface area contributed by atoms with Crippen molar-refractivity contribution in [2.24, 2.45) is 0 Å². The zero-order chi connectivity index (χ0) is 14.4. The van der Waals surface area contributed by atoms with Gasteiger partial charge in [-0.2, -0.15) is 0 Å². The van der Waals surface area contributed by atoms with Crippen LogP contribution in [0.1, 0.15) is 37.8 Å². The number of thiazole rings is 1. The highest BCUT2D eigenvalue weighted by Gasteiger charge is 2.16. The molecular formula is C13H19N3O3S. The number of urea groups is 1. The van der Waals surface area contributed by atoms with E-state index in [-0.39, 0.29) is 24.5 Å². The van der Waals surface area contributed by atoms with Crippen LogP contribution in [0.4, 0.5) is 9.93 Å². The highest BCUT2D eigenvalue weighted by molar-refractivity contribution is 7.13. The summed E-state index contributed by atoms with van der Waals surface area (Å²) in [5.74, 6) is -0.339. The summed E-state index contributed by atoms with van der Waals surface area (Å²) in [7, 11) is 1.34. The van der Waals surface area contributed by atoms with Crippen LogP contribution in [0.25, 0.3) is 0 Å². The first-order valence-electron chi connectivity index (χ1n) is 6.76. The largest absolute Gasteiger partial charge is 0.469 e. The third-order valence-electron chi connectivity index (χ3n) is 3.27. The molecule has 0 saturated heterocycles. The minimum Gasteiger partial charge on any atom is -0.469 e. The SMILES string of the molecule is COC(=O)Cc1csc(NC(=O)NC2CCCCC2)n1. The monoisotopic (exact) mass is 297 g/mol. The van der Waals surface area contributed by atoms with Crippen LogP contribution in [0.5, 0.6) is 0 Å². The molecule has 110 valence electrons. The number of nitrogens with one attached hydrogen (secondary N) is 2. The van der Waals surface area contributed by atoms with E-state index in [1.54, 1.807) is 5.38 Å². The molecule has 0 unspecified atom stereocenters. The zero-order valence-electron chi connectivity index (χ0n) is 11.5. The van der Waals surface area contributed by atoms with Gasteiger partial charge in [-0.1, -0.05) is 19.3 Å². The van der Waals surface area contributed by atoms with Crippen molar-refractivity contribution >= 4 is 28.5 Å². The van der Waals surface area contributed by atoms with Gasteiger partial charge in [0.1, 0.15) is 0 Å². The molecule has 2 amide bonds. The smallest absolute Gasteiger partial charge is 0.321 e. The first-order chi connectivity index (χ1) is 9.67. The number of hydrogen-bond donors (Lipinski definition) is 2. The van der Waals surface area contributed by atoms with Gasteiger partial charge in [0.15, 0.2) is 5.13 Å². The van der Waals surface area contributed by atoms with E-state index in [0.717, 1.165) is 12.8 Å². The second kappa shape index (κ2) is 7.23. The molecule has 1 saturated carbocycles. The van der Waals surface area contributed by atoms with Gasteiger partial charge in [-0.3, -0.25) is 10.1 Å². The molecule has 20 heavy (non-hydrogen) atoms. The number of aromatic nitrogens is 1. The van der Waals surface area contributed by atoms with Crippen molar-refractivity contribution in [1.29, 1.82) is 0 Å². The molecule has 1 heterocycles. The summed E-state index contributed by atoms with van der Waals surface area (Å²) in [5.41, 5.74) is 0.606. The molecule has 0 aliphatic heterocycles. The lowest BCUT2D eigenvalue weighted by Gasteiger charge is -2.22. The van der Waals surface area contributed by atoms with Crippen LogP contribution in [0.2, 0.25) is 0 Å². The number of anilines is 1. The Kier molecular flexibility index (Phi) is 5.34. The first-order valence-corrected chi connectivity index (χ1v) is 7.64. The molecule has 2 N–H and O–H groups in total. The predicted octanol–water partition coefficient (Wildman–Crippen LogP) is 2.31. The highest BCUT2D eigenvalue weighted by atomic mass is 32.1. The fraction of sp³-hybridized carbons (Fsp3) is 0.615. The van der Waals surface area contributed by atoms with Crippen LogP contribution in [0.15, 0.2) is 5.38 Å². The molecule has 0 aromatic carbocycles. The summed E-state index contributed by atoms with van der Waals surface area (Å²) >= 11 is 1.30. The predicted molar refractivity (Wildman–Crippen MR) is 76.9 cm³/mol. The molecule has 1 aliphatic carbocycles. The lowest BCUT2D eigenvalue weighted by atomic mass is 9.96. The summed E-state index contributed by atoms with van der Waals surface area (Å²) in [6.45, 7) is 0. The average Bonchev–Trinajstić information content (AvgIpc) is 2.86. The molecule has 0 spiro atoms. The van der Waals surface area contributed by atoms with Gasteiger partial charge in [0.2, 0.25) is 0 Å². The Morgan fingerprint density at radius 2 is 2.15 bits per heavy atom. The molecular weight excluding hydrogens is 278 g/mol. The highest BCUT2D eigenvalue weighted by Crippen LogP contribution is 2.19. The van der Waals surface area contributed by atoms with E-state index in [1.807, 2.05) is 0 Å². The van der Waals surface area contributed by atoms with Crippen LogP contribution >= 0.6 is 11.3 Å². The normalized spacial score (nSPS) is 15.7. The Bertz CT molecular complexity index is 469. The third-order valence-corrected chi connectivity index (χ3v) is 4.07. The summed E-state index contributed by atoms with van der Waals surface area (Å²) in [4.78, 5) is 27.1. The van der Waals surface area contributed by atoms with E-state index < -0.39 is 0 Å². The van der Waals surface area contributed by atoms with Gasteiger partial charge in [-0.15, -0.1) is 11.3 Å². The van der Waals surface area contributed by atoms with Crippen LogP contribution in [0, 0.1) is 0 Å². The van der Waals surface area contributed by atoms with Crippen molar-refractivity contribution < 1.29 is 14.3 Å². The zero-order valence-corrected chi connectivity index (χ0v) is 12.3. The number of carbonyl (C=O) groups is 2. The summed E-state index contributed by atoms with van der Waals surface area (Å²) in [6, 6.07) is 0.0362. The Labute approximate surface area is 121 Å². The molecule has 1 aromatic rings. The Hall–Kier alpha value is -1.63. The lowest BCUT2D eigenvalue weighted by Crippen LogP contribution is -2.39. The summed E-state index contributed by atoms with van der Waals surface area (Å²) in [5, 5.41) is 7.90. The fourth-order valence-electron chi connectivity index (χ4n) is 2.23. The molecule has 0 bridgehead atoms. The van der Waals surface area contributed by atoms with Gasteiger partial charge >= 0.3 is 12.0 Å². The summed E-state index contributed by atoms with van der Waals surface area (Å²) in [6.07, 6.45) is 5.80. The van der Waals surface area contributed by atoms with Crippen LogP contribution < -0.4 is 10.6 Å². The number of amides is 2. The number of methoxy groups -OCH3 is 1. The summed E-state index contributed by atoms with van der Waals surface area (Å²) < 4.78 is 4.57. The van der Waals surface area contributed by atoms with E-state index in [0.29, 0.717) is 10.8 Å². The van der Waals surface area contributed by atoms with Gasteiger partial charge in [-0.25, -0.2) is 9.78 Å².